The Morgan fingerprint density at radius 1 is 1.67 bits per heavy atom. The summed E-state index contributed by atoms with van der Waals surface area (Å²) in [5, 5.41) is 9.46. The Balaban J connectivity index is 2.45. The van der Waals surface area contributed by atoms with Gasteiger partial charge in [-0.2, -0.15) is 0 Å². The molecule has 1 fully saturated rings. The van der Waals surface area contributed by atoms with Gasteiger partial charge in [0, 0.05) is 25.4 Å². The van der Waals surface area contributed by atoms with Crippen LogP contribution in [-0.2, 0) is 9.53 Å². The van der Waals surface area contributed by atoms with E-state index in [1.54, 1.807) is 0 Å². The number of ketones is 1. The van der Waals surface area contributed by atoms with E-state index in [1.807, 2.05) is 13.8 Å². The third-order valence-corrected chi connectivity index (χ3v) is 2.45. The summed E-state index contributed by atoms with van der Waals surface area (Å²) >= 11 is 0. The van der Waals surface area contributed by atoms with Crippen LogP contribution in [0.3, 0.4) is 0 Å². The predicted octanol–water partition coefficient (Wildman–Crippen LogP) is 0.956. The molecule has 3 unspecified atom stereocenters. The van der Waals surface area contributed by atoms with Crippen LogP contribution in [0.15, 0.2) is 0 Å². The minimum atomic E-state index is -0.753. The second-order valence-electron chi connectivity index (χ2n) is 3.43. The third kappa shape index (κ3) is 2.05. The normalized spacial score (nSPS) is 32.4. The fraction of sp³-hybridized carbons (Fsp3) is 0.889. The topological polar surface area (TPSA) is 46.5 Å². The molecule has 0 amide bonds. The molecule has 0 bridgehead atoms. The van der Waals surface area contributed by atoms with Gasteiger partial charge >= 0.3 is 0 Å². The average molecular weight is 172 g/mol. The molecule has 0 spiro atoms. The number of aliphatic hydroxyl groups is 1. The third-order valence-electron chi connectivity index (χ3n) is 2.45. The number of hydrogen-bond acceptors (Lipinski definition) is 3. The second kappa shape index (κ2) is 4.01. The summed E-state index contributed by atoms with van der Waals surface area (Å²) in [5.74, 6) is 0.516. The molecule has 0 aromatic rings. The highest BCUT2D eigenvalue weighted by atomic mass is 16.6. The van der Waals surface area contributed by atoms with Crippen molar-refractivity contribution in [2.45, 2.75) is 33.0 Å². The van der Waals surface area contributed by atoms with Gasteiger partial charge in [-0.15, -0.1) is 0 Å². The quantitative estimate of drug-likeness (QED) is 0.645. The van der Waals surface area contributed by atoms with Gasteiger partial charge in [-0.3, -0.25) is 4.79 Å². The summed E-state index contributed by atoms with van der Waals surface area (Å²) in [6.45, 7) is 4.32. The molecule has 1 saturated carbocycles. The van der Waals surface area contributed by atoms with Gasteiger partial charge in [0.1, 0.15) is 5.78 Å². The molecule has 3 atom stereocenters. The van der Waals surface area contributed by atoms with E-state index in [0.717, 1.165) is 0 Å². The molecule has 1 aliphatic carbocycles. The van der Waals surface area contributed by atoms with Crippen LogP contribution in [0.1, 0.15) is 26.7 Å². The predicted molar refractivity (Wildman–Crippen MR) is 44.5 cm³/mol. The molecule has 0 aromatic heterocycles. The lowest BCUT2D eigenvalue weighted by Crippen LogP contribution is -2.25. The van der Waals surface area contributed by atoms with Crippen molar-refractivity contribution in [3.05, 3.63) is 0 Å². The number of carbonyl (C=O) groups is 1. The first-order valence-corrected chi connectivity index (χ1v) is 4.46. The Hall–Kier alpha value is -0.410. The van der Waals surface area contributed by atoms with Gasteiger partial charge in [0.15, 0.2) is 6.29 Å². The fourth-order valence-electron chi connectivity index (χ4n) is 1.73. The molecule has 1 N–H and O–H groups in total. The Morgan fingerprint density at radius 3 is 2.75 bits per heavy atom. The Morgan fingerprint density at radius 2 is 2.33 bits per heavy atom. The zero-order valence-electron chi connectivity index (χ0n) is 7.62. The summed E-state index contributed by atoms with van der Waals surface area (Å²) in [6, 6.07) is 0. The summed E-state index contributed by atoms with van der Waals surface area (Å²) in [5.41, 5.74) is 0. The molecule has 1 aliphatic rings. The summed E-state index contributed by atoms with van der Waals surface area (Å²) in [7, 11) is 0. The van der Waals surface area contributed by atoms with Crippen LogP contribution in [0.4, 0.5) is 0 Å². The lowest BCUT2D eigenvalue weighted by Gasteiger charge is -2.20. The maximum absolute atomic E-state index is 11.0. The Bertz CT molecular complexity index is 167. The zero-order chi connectivity index (χ0) is 9.14. The van der Waals surface area contributed by atoms with Crippen LogP contribution in [-0.4, -0.2) is 23.8 Å². The Kier molecular flexibility index (Phi) is 3.23. The van der Waals surface area contributed by atoms with Crippen LogP contribution >= 0.6 is 0 Å². The van der Waals surface area contributed by atoms with Crippen molar-refractivity contribution in [3.63, 3.8) is 0 Å². The van der Waals surface area contributed by atoms with Gasteiger partial charge in [0.25, 0.3) is 0 Å². The van der Waals surface area contributed by atoms with Crippen molar-refractivity contribution < 1.29 is 14.6 Å². The van der Waals surface area contributed by atoms with E-state index in [-0.39, 0.29) is 17.6 Å². The number of carbonyl (C=O) groups excluding carboxylic acids is 1. The van der Waals surface area contributed by atoms with E-state index in [1.165, 1.54) is 0 Å². The molecule has 3 nitrogen and oxygen atoms in total. The van der Waals surface area contributed by atoms with Crippen molar-refractivity contribution in [3.8, 4) is 0 Å². The highest BCUT2D eigenvalue weighted by Crippen LogP contribution is 2.31. The molecule has 3 heteroatoms. The van der Waals surface area contributed by atoms with E-state index < -0.39 is 6.29 Å². The molecular formula is C9H16O3. The first-order valence-electron chi connectivity index (χ1n) is 4.46. The maximum Gasteiger partial charge on any atom is 0.158 e. The van der Waals surface area contributed by atoms with Crippen molar-refractivity contribution in [2.75, 3.05) is 6.61 Å². The number of hydrogen-bond donors (Lipinski definition) is 1. The highest BCUT2D eigenvalue weighted by Gasteiger charge is 2.34. The summed E-state index contributed by atoms with van der Waals surface area (Å²) in [4.78, 5) is 11.0. The first kappa shape index (κ1) is 9.68. The highest BCUT2D eigenvalue weighted by molar-refractivity contribution is 5.81. The van der Waals surface area contributed by atoms with Crippen molar-refractivity contribution in [2.24, 2.45) is 11.8 Å². The van der Waals surface area contributed by atoms with E-state index in [0.29, 0.717) is 19.4 Å². The molecule has 12 heavy (non-hydrogen) atoms. The van der Waals surface area contributed by atoms with E-state index in [2.05, 4.69) is 0 Å². The van der Waals surface area contributed by atoms with Gasteiger partial charge in [0.2, 0.25) is 0 Å². The van der Waals surface area contributed by atoms with Crippen LogP contribution in [0.5, 0.6) is 0 Å². The molecule has 0 aliphatic heterocycles. The van der Waals surface area contributed by atoms with Crippen molar-refractivity contribution in [1.82, 2.24) is 0 Å². The number of Topliss-reactive ketones (excluding diaryl/α,β-unsaturated/α-hetero) is 1. The van der Waals surface area contributed by atoms with Gasteiger partial charge in [-0.05, 0) is 12.8 Å². The average Bonchev–Trinajstić information content (AvgIpc) is 2.30. The molecule has 1 rings (SSSR count). The molecule has 0 saturated heterocycles. The van der Waals surface area contributed by atoms with Crippen molar-refractivity contribution >= 4 is 5.78 Å². The van der Waals surface area contributed by atoms with Gasteiger partial charge in [-0.25, -0.2) is 0 Å². The van der Waals surface area contributed by atoms with Gasteiger partial charge in [0.05, 0.1) is 0 Å². The summed E-state index contributed by atoms with van der Waals surface area (Å²) in [6.07, 6.45) is 0.313. The largest absolute Gasteiger partial charge is 0.368 e. The van der Waals surface area contributed by atoms with Crippen LogP contribution in [0.25, 0.3) is 0 Å². The fourth-order valence-corrected chi connectivity index (χ4v) is 1.73. The molecule has 0 radical (unpaired) electrons. The van der Waals surface area contributed by atoms with Gasteiger partial charge < -0.3 is 9.84 Å². The molecule has 70 valence electrons. The maximum atomic E-state index is 11.0. The number of rotatable bonds is 3. The molecular weight excluding hydrogens is 156 g/mol. The Labute approximate surface area is 72.7 Å². The minimum Gasteiger partial charge on any atom is -0.368 e. The lowest BCUT2D eigenvalue weighted by atomic mass is 9.98. The number of aliphatic hydroxyl groups excluding tert-OH is 1. The van der Waals surface area contributed by atoms with E-state index in [4.69, 9.17) is 4.74 Å². The van der Waals surface area contributed by atoms with Crippen LogP contribution in [0, 0.1) is 11.8 Å². The first-order chi connectivity index (χ1) is 5.65. The summed E-state index contributed by atoms with van der Waals surface area (Å²) < 4.78 is 5.05. The monoisotopic (exact) mass is 172 g/mol. The minimum absolute atomic E-state index is 0.0115. The molecule has 0 heterocycles. The number of ether oxygens (including phenoxy) is 1. The molecule has 0 aromatic carbocycles. The standard InChI is InChI=1S/C9H16O3/c1-3-12-9(11)8-5-7(10)4-6(8)2/h6,8-9,11H,3-5H2,1-2H3. The smallest absolute Gasteiger partial charge is 0.158 e. The van der Waals surface area contributed by atoms with Gasteiger partial charge in [-0.1, -0.05) is 6.92 Å². The second-order valence-corrected chi connectivity index (χ2v) is 3.43. The van der Waals surface area contributed by atoms with Crippen LogP contribution in [0.2, 0.25) is 0 Å². The van der Waals surface area contributed by atoms with E-state index in [9.17, 15) is 9.90 Å². The van der Waals surface area contributed by atoms with E-state index >= 15 is 0 Å². The SMILES string of the molecule is CCOC(O)C1CC(=O)CC1C. The van der Waals surface area contributed by atoms with Crippen molar-refractivity contribution in [1.29, 1.82) is 0 Å². The lowest BCUT2D eigenvalue weighted by molar-refractivity contribution is -0.139. The zero-order valence-corrected chi connectivity index (χ0v) is 7.62. The van der Waals surface area contributed by atoms with Crippen LogP contribution < -0.4 is 0 Å².